The Bertz CT molecular complexity index is 564. The van der Waals surface area contributed by atoms with Crippen molar-refractivity contribution < 1.29 is 19.6 Å². The molecule has 0 aliphatic rings. The number of hydrogen-bond acceptors (Lipinski definition) is 7. The molecule has 0 saturated heterocycles. The third-order valence-corrected chi connectivity index (χ3v) is 4.00. The fraction of sp³-hybridized carbons (Fsp3) is 0.611. The third kappa shape index (κ3) is 9.70. The van der Waals surface area contributed by atoms with Crippen LogP contribution in [0.15, 0.2) is 36.5 Å². The zero-order valence-electron chi connectivity index (χ0n) is 15.8. The predicted octanol–water partition coefficient (Wildman–Crippen LogP) is 4.24. The molecule has 0 N–H and O–H groups in total. The van der Waals surface area contributed by atoms with Crippen LogP contribution in [0.4, 0.5) is 0 Å². The molecule has 0 amide bonds. The molecule has 28 heavy (non-hydrogen) atoms. The number of allylic oxidation sites excluding steroid dienone is 6. The molecule has 0 aliphatic carbocycles. The Morgan fingerprint density at radius 1 is 0.607 bits per heavy atom. The van der Waals surface area contributed by atoms with Gasteiger partial charge in [0.05, 0.1) is 0 Å². The number of carbonyl (C=O) groups excluding carboxylic acids is 1. The quantitative estimate of drug-likeness (QED) is 0.0890. The maximum Gasteiger partial charge on any atom is 0.699 e. The van der Waals surface area contributed by atoms with Crippen molar-refractivity contribution in [3.05, 3.63) is 66.8 Å². The molecule has 0 rings (SSSR count). The molecule has 156 valence electrons. The zero-order valence-corrected chi connectivity index (χ0v) is 15.8. The number of nitro groups is 3. The minimum absolute atomic E-state index is 0.0146. The minimum atomic E-state index is -3.35. The van der Waals surface area contributed by atoms with E-state index in [0.717, 1.165) is 38.4 Å². The zero-order chi connectivity index (χ0) is 21.3. The summed E-state index contributed by atoms with van der Waals surface area (Å²) in [6.45, 7) is 0. The Labute approximate surface area is 163 Å². The summed E-state index contributed by atoms with van der Waals surface area (Å²) < 4.78 is 0. The van der Waals surface area contributed by atoms with Gasteiger partial charge in [0.25, 0.3) is 0 Å². The van der Waals surface area contributed by atoms with E-state index in [0.29, 0.717) is 19.3 Å². The van der Waals surface area contributed by atoms with E-state index in [9.17, 15) is 35.1 Å². The van der Waals surface area contributed by atoms with E-state index >= 15 is 0 Å². The molecular formula is C18H27N3O7. The van der Waals surface area contributed by atoms with Crippen LogP contribution in [0.2, 0.25) is 0 Å². The average Bonchev–Trinajstić information content (AvgIpc) is 2.63. The van der Waals surface area contributed by atoms with Gasteiger partial charge in [-0.15, -0.1) is 0 Å². The van der Waals surface area contributed by atoms with Gasteiger partial charge in [-0.05, 0) is 51.4 Å². The fourth-order valence-corrected chi connectivity index (χ4v) is 2.37. The normalized spacial score (nSPS) is 12.1. The van der Waals surface area contributed by atoms with E-state index < -0.39 is 27.0 Å². The Balaban J connectivity index is 3.94. The van der Waals surface area contributed by atoms with Crippen LogP contribution >= 0.6 is 0 Å². The topological polar surface area (TPSA) is 146 Å². The number of carbonyl (C=O) groups is 1. The summed E-state index contributed by atoms with van der Waals surface area (Å²) in [5.41, 5.74) is 0. The number of unbranched alkanes of at least 4 members (excludes halogenated alkanes) is 5. The van der Waals surface area contributed by atoms with Crippen LogP contribution in [-0.2, 0) is 4.79 Å². The molecule has 0 aromatic carbocycles. The Kier molecular flexibility index (Phi) is 13.6. The van der Waals surface area contributed by atoms with Crippen LogP contribution in [0.25, 0.3) is 0 Å². The first-order valence-corrected chi connectivity index (χ1v) is 9.21. The highest BCUT2D eigenvalue weighted by molar-refractivity contribution is 5.48. The number of aldehydes is 1. The molecule has 0 atom stereocenters. The molecule has 0 unspecified atom stereocenters. The van der Waals surface area contributed by atoms with Crippen molar-refractivity contribution in [2.45, 2.75) is 70.0 Å². The summed E-state index contributed by atoms with van der Waals surface area (Å²) in [6.07, 6.45) is 18.1. The van der Waals surface area contributed by atoms with Crippen molar-refractivity contribution >= 4 is 6.29 Å². The second kappa shape index (κ2) is 15.2. The van der Waals surface area contributed by atoms with Crippen LogP contribution in [0.1, 0.15) is 64.2 Å². The van der Waals surface area contributed by atoms with Crippen LogP contribution in [-0.4, -0.2) is 26.8 Å². The Hall–Kier alpha value is -2.91. The molecule has 0 saturated carbocycles. The van der Waals surface area contributed by atoms with Crippen LogP contribution < -0.4 is 0 Å². The van der Waals surface area contributed by atoms with Crippen LogP contribution in [0.3, 0.4) is 0 Å². The summed E-state index contributed by atoms with van der Waals surface area (Å²) in [6, 6.07) is 0. The van der Waals surface area contributed by atoms with Gasteiger partial charge in [-0.2, -0.15) is 0 Å². The summed E-state index contributed by atoms with van der Waals surface area (Å²) in [7, 11) is 0. The first-order valence-electron chi connectivity index (χ1n) is 9.21. The molecule has 0 radical (unpaired) electrons. The highest BCUT2D eigenvalue weighted by Gasteiger charge is 2.69. The van der Waals surface area contributed by atoms with Gasteiger partial charge in [0.1, 0.15) is 6.29 Å². The lowest BCUT2D eigenvalue weighted by Crippen LogP contribution is -2.53. The van der Waals surface area contributed by atoms with Crippen molar-refractivity contribution in [3.8, 4) is 0 Å². The molecule has 0 heterocycles. The molecule has 0 aliphatic heterocycles. The molecule has 10 heteroatoms. The summed E-state index contributed by atoms with van der Waals surface area (Å²) in [4.78, 5) is 38.2. The smallest absolute Gasteiger partial charge is 0.303 e. The molecular weight excluding hydrogens is 370 g/mol. The average molecular weight is 397 g/mol. The van der Waals surface area contributed by atoms with Gasteiger partial charge >= 0.3 is 5.79 Å². The van der Waals surface area contributed by atoms with Crippen molar-refractivity contribution in [1.29, 1.82) is 0 Å². The monoisotopic (exact) mass is 397 g/mol. The van der Waals surface area contributed by atoms with Gasteiger partial charge in [0.2, 0.25) is 0 Å². The van der Waals surface area contributed by atoms with Crippen LogP contribution in [0, 0.1) is 30.3 Å². The highest BCUT2D eigenvalue weighted by Crippen LogP contribution is 2.21. The summed E-state index contributed by atoms with van der Waals surface area (Å²) in [5, 5.41) is 32.3. The van der Waals surface area contributed by atoms with Crippen molar-refractivity contribution in [2.75, 3.05) is 0 Å². The lowest BCUT2D eigenvalue weighted by Gasteiger charge is -2.08. The molecule has 0 aromatic rings. The maximum absolute atomic E-state index is 10.8. The Morgan fingerprint density at radius 3 is 1.43 bits per heavy atom. The largest absolute Gasteiger partial charge is 0.699 e. The SMILES string of the molecule is O=CCCCCC=CCC=CCC=CCCCCC([N+](=O)[O-])([N+](=O)[O-])[N+](=O)[O-]. The van der Waals surface area contributed by atoms with Gasteiger partial charge in [0.15, 0.2) is 21.2 Å². The molecule has 0 bridgehead atoms. The first kappa shape index (κ1) is 25.1. The van der Waals surface area contributed by atoms with Gasteiger partial charge < -0.3 is 4.79 Å². The summed E-state index contributed by atoms with van der Waals surface area (Å²) in [5.74, 6) is -3.35. The second-order valence-electron chi connectivity index (χ2n) is 6.13. The minimum Gasteiger partial charge on any atom is -0.303 e. The molecule has 10 nitrogen and oxygen atoms in total. The Morgan fingerprint density at radius 2 is 1.00 bits per heavy atom. The maximum atomic E-state index is 10.8. The standard InChI is InChI=1S/C18H27N3O7/c22-17-15-13-11-9-7-5-3-1-2-4-6-8-10-12-14-16-18(19(23)24,20(25)26)21(27)28/h1-2,5-8,17H,3-4,9-16H2. The van der Waals surface area contributed by atoms with E-state index in [1.54, 1.807) is 0 Å². The molecule has 0 fully saturated rings. The van der Waals surface area contributed by atoms with E-state index in [1.807, 2.05) is 24.3 Å². The van der Waals surface area contributed by atoms with Gasteiger partial charge in [0, 0.05) is 6.42 Å². The van der Waals surface area contributed by atoms with E-state index in [4.69, 9.17) is 0 Å². The van der Waals surface area contributed by atoms with Crippen molar-refractivity contribution in [1.82, 2.24) is 0 Å². The molecule has 0 aromatic heterocycles. The van der Waals surface area contributed by atoms with Gasteiger partial charge in [-0.3, -0.25) is 30.3 Å². The fourth-order valence-electron chi connectivity index (χ4n) is 2.37. The number of rotatable bonds is 17. The van der Waals surface area contributed by atoms with E-state index in [-0.39, 0.29) is 6.42 Å². The highest BCUT2D eigenvalue weighted by atomic mass is 16.7. The lowest BCUT2D eigenvalue weighted by atomic mass is 10.1. The van der Waals surface area contributed by atoms with Gasteiger partial charge in [-0.25, -0.2) is 0 Å². The lowest BCUT2D eigenvalue weighted by molar-refractivity contribution is -0.970. The predicted molar refractivity (Wildman–Crippen MR) is 103 cm³/mol. The summed E-state index contributed by atoms with van der Waals surface area (Å²) >= 11 is 0. The van der Waals surface area contributed by atoms with Crippen molar-refractivity contribution in [3.63, 3.8) is 0 Å². The molecule has 0 spiro atoms. The third-order valence-electron chi connectivity index (χ3n) is 4.00. The number of nitrogens with zero attached hydrogens (tertiary/aromatic N) is 3. The van der Waals surface area contributed by atoms with Gasteiger partial charge in [-0.1, -0.05) is 36.5 Å². The van der Waals surface area contributed by atoms with E-state index in [1.165, 1.54) is 0 Å². The second-order valence-corrected chi connectivity index (χ2v) is 6.13. The number of hydrogen-bond donors (Lipinski definition) is 0. The van der Waals surface area contributed by atoms with Crippen LogP contribution in [0.5, 0.6) is 0 Å². The van der Waals surface area contributed by atoms with E-state index in [2.05, 4.69) is 12.2 Å². The first-order chi connectivity index (χ1) is 13.4. The van der Waals surface area contributed by atoms with Crippen molar-refractivity contribution in [2.24, 2.45) is 0 Å².